The number of methoxy groups -OCH3 is 1. The molecular weight excluding hydrogens is 717 g/mol. The summed E-state index contributed by atoms with van der Waals surface area (Å²) in [7, 11) is 1.65. The van der Waals surface area contributed by atoms with Crippen LogP contribution in [-0.2, 0) is 28.7 Å². The minimum Gasteiger partial charge on any atom is -0.496 e. The van der Waals surface area contributed by atoms with Crippen LogP contribution in [0.4, 0.5) is 0 Å². The first-order chi connectivity index (χ1) is 26.9. The van der Waals surface area contributed by atoms with Crippen molar-refractivity contribution in [1.82, 2.24) is 0 Å². The predicted molar refractivity (Wildman–Crippen MR) is 223 cm³/mol. The summed E-state index contributed by atoms with van der Waals surface area (Å²) < 4.78 is 18.7. The Morgan fingerprint density at radius 1 is 1.00 bits per heavy atom. The highest BCUT2D eigenvalue weighted by Crippen LogP contribution is 2.58. The number of aryl methyl sites for hydroxylation is 1. The van der Waals surface area contributed by atoms with E-state index in [9.17, 15) is 24.0 Å². The SMILES string of the molecule is C=CC1CC1(CC(=O)C1CC(Oc2cc(C3=CCC(CC(=O)CC)=C3)cc3c(C)c(OC)ccc23)CC1C(=O)C(CC(=O)OC1(C)CCCC1)C(C)(C)C)C(C)=O. The quantitative estimate of drug-likeness (QED) is 0.115. The van der Waals surface area contributed by atoms with Crippen molar-refractivity contribution in [3.63, 3.8) is 0 Å². The molecule has 0 saturated heterocycles. The van der Waals surface area contributed by atoms with Crippen LogP contribution in [0.25, 0.3) is 16.3 Å². The zero-order chi connectivity index (χ0) is 41.4. The Morgan fingerprint density at radius 2 is 1.70 bits per heavy atom. The van der Waals surface area contributed by atoms with Gasteiger partial charge in [0.25, 0.3) is 0 Å². The van der Waals surface area contributed by atoms with E-state index in [0.29, 0.717) is 44.3 Å². The average molecular weight is 779 g/mol. The summed E-state index contributed by atoms with van der Waals surface area (Å²) in [6, 6.07) is 8.06. The molecule has 2 aromatic rings. The van der Waals surface area contributed by atoms with E-state index in [-0.39, 0.29) is 47.9 Å². The highest BCUT2D eigenvalue weighted by Gasteiger charge is 2.59. The average Bonchev–Trinajstić information content (AvgIpc) is 3.49. The molecule has 0 radical (unpaired) electrons. The topological polar surface area (TPSA) is 113 Å². The fourth-order valence-electron chi connectivity index (χ4n) is 9.85. The maximum Gasteiger partial charge on any atom is 0.307 e. The van der Waals surface area contributed by atoms with Crippen LogP contribution in [0.3, 0.4) is 0 Å². The van der Waals surface area contributed by atoms with Crippen molar-refractivity contribution < 1.29 is 38.2 Å². The molecule has 6 atom stereocenters. The minimum atomic E-state index is -0.778. The van der Waals surface area contributed by atoms with Crippen molar-refractivity contribution in [3.8, 4) is 11.5 Å². The van der Waals surface area contributed by atoms with Gasteiger partial charge in [-0.3, -0.25) is 24.0 Å². The first kappa shape index (κ1) is 42.3. The van der Waals surface area contributed by atoms with Gasteiger partial charge in [-0.05, 0) is 130 Å². The highest BCUT2D eigenvalue weighted by molar-refractivity contribution is 5.98. The summed E-state index contributed by atoms with van der Waals surface area (Å²) in [5.74, 6) is -1.15. The van der Waals surface area contributed by atoms with E-state index in [0.717, 1.165) is 64.5 Å². The molecule has 8 nitrogen and oxygen atoms in total. The zero-order valence-corrected chi connectivity index (χ0v) is 35.4. The van der Waals surface area contributed by atoms with E-state index in [1.54, 1.807) is 20.1 Å². The molecule has 4 aliphatic rings. The van der Waals surface area contributed by atoms with Crippen LogP contribution in [0.1, 0.15) is 130 Å². The fraction of sp³-hybridized carbons (Fsp3) is 0.571. The van der Waals surface area contributed by atoms with Gasteiger partial charge in [-0.15, -0.1) is 6.58 Å². The molecule has 6 rings (SSSR count). The van der Waals surface area contributed by atoms with E-state index < -0.39 is 40.3 Å². The summed E-state index contributed by atoms with van der Waals surface area (Å²) in [5.41, 5.74) is 2.12. The van der Waals surface area contributed by atoms with Gasteiger partial charge in [-0.1, -0.05) is 51.5 Å². The van der Waals surface area contributed by atoms with Gasteiger partial charge in [-0.25, -0.2) is 0 Å². The van der Waals surface area contributed by atoms with E-state index in [4.69, 9.17) is 14.2 Å². The van der Waals surface area contributed by atoms with Crippen LogP contribution in [-0.4, -0.2) is 47.9 Å². The number of allylic oxidation sites excluding steroid dienone is 5. The maximum absolute atomic E-state index is 14.9. The second kappa shape index (κ2) is 16.5. The van der Waals surface area contributed by atoms with Gasteiger partial charge in [0, 0.05) is 47.8 Å². The Kier molecular flexibility index (Phi) is 12.2. The van der Waals surface area contributed by atoms with Crippen LogP contribution < -0.4 is 9.47 Å². The van der Waals surface area contributed by atoms with Crippen LogP contribution in [0.2, 0.25) is 0 Å². The number of rotatable bonds is 17. The Hall–Kier alpha value is -4.33. The van der Waals surface area contributed by atoms with Crippen LogP contribution >= 0.6 is 0 Å². The van der Waals surface area contributed by atoms with Gasteiger partial charge >= 0.3 is 5.97 Å². The number of benzene rings is 2. The highest BCUT2D eigenvalue weighted by atomic mass is 16.6. The third kappa shape index (κ3) is 8.90. The number of carbonyl (C=O) groups is 5. The summed E-state index contributed by atoms with van der Waals surface area (Å²) in [5, 5.41) is 1.85. The molecule has 57 heavy (non-hydrogen) atoms. The molecular formula is C49H62O8. The number of fused-ring (bicyclic) bond motifs is 1. The molecule has 0 amide bonds. The number of hydrogen-bond acceptors (Lipinski definition) is 8. The number of ether oxygens (including phenoxy) is 3. The van der Waals surface area contributed by atoms with Crippen molar-refractivity contribution in [2.75, 3.05) is 7.11 Å². The van der Waals surface area contributed by atoms with E-state index in [1.165, 1.54) is 0 Å². The number of esters is 1. The van der Waals surface area contributed by atoms with Crippen molar-refractivity contribution in [2.45, 2.75) is 137 Å². The van der Waals surface area contributed by atoms with Crippen molar-refractivity contribution in [1.29, 1.82) is 0 Å². The Balaban J connectivity index is 1.34. The molecule has 0 aliphatic heterocycles. The predicted octanol–water partition coefficient (Wildman–Crippen LogP) is 10.3. The number of Topliss-reactive ketones (excluding diaryl/α,β-unsaturated/α-hetero) is 4. The maximum atomic E-state index is 14.9. The number of hydrogen-bond donors (Lipinski definition) is 0. The molecule has 2 aromatic carbocycles. The molecule has 6 unspecified atom stereocenters. The largest absolute Gasteiger partial charge is 0.496 e. The molecule has 3 fully saturated rings. The fourth-order valence-corrected chi connectivity index (χ4v) is 9.85. The summed E-state index contributed by atoms with van der Waals surface area (Å²) in [6.07, 6.45) is 12.0. The summed E-state index contributed by atoms with van der Waals surface area (Å²) in [4.78, 5) is 68.2. The zero-order valence-electron chi connectivity index (χ0n) is 35.4. The second-order valence-corrected chi connectivity index (χ2v) is 18.7. The van der Waals surface area contributed by atoms with Gasteiger partial charge < -0.3 is 14.2 Å². The molecule has 0 aromatic heterocycles. The molecule has 4 aliphatic carbocycles. The molecule has 0 N–H and O–H groups in total. The lowest BCUT2D eigenvalue weighted by molar-refractivity contribution is -0.161. The Labute approximate surface area is 338 Å². The Morgan fingerprint density at radius 3 is 2.32 bits per heavy atom. The number of carbonyl (C=O) groups excluding carboxylic acids is 5. The van der Waals surface area contributed by atoms with E-state index >= 15 is 0 Å². The lowest BCUT2D eigenvalue weighted by Crippen LogP contribution is -2.40. The minimum absolute atomic E-state index is 0.0308. The van der Waals surface area contributed by atoms with Gasteiger partial charge in [0.2, 0.25) is 0 Å². The van der Waals surface area contributed by atoms with E-state index in [1.807, 2.05) is 59.7 Å². The van der Waals surface area contributed by atoms with Gasteiger partial charge in [0.15, 0.2) is 0 Å². The monoisotopic (exact) mass is 778 g/mol. The first-order valence-electron chi connectivity index (χ1n) is 21.0. The van der Waals surface area contributed by atoms with E-state index in [2.05, 4.69) is 24.8 Å². The van der Waals surface area contributed by atoms with Crippen LogP contribution in [0.15, 0.2) is 54.6 Å². The molecule has 0 heterocycles. The van der Waals surface area contributed by atoms with Crippen LogP contribution in [0, 0.1) is 41.4 Å². The molecule has 0 bridgehead atoms. The van der Waals surface area contributed by atoms with Crippen molar-refractivity contribution >= 4 is 45.4 Å². The lowest BCUT2D eigenvalue weighted by Gasteiger charge is -2.33. The third-order valence-electron chi connectivity index (χ3n) is 13.6. The summed E-state index contributed by atoms with van der Waals surface area (Å²) >= 11 is 0. The molecule has 0 spiro atoms. The first-order valence-corrected chi connectivity index (χ1v) is 21.0. The second-order valence-electron chi connectivity index (χ2n) is 18.7. The third-order valence-corrected chi connectivity index (χ3v) is 13.6. The summed E-state index contributed by atoms with van der Waals surface area (Å²) in [6.45, 7) is 17.2. The smallest absolute Gasteiger partial charge is 0.307 e. The normalized spacial score (nSPS) is 25.7. The molecule has 3 saturated carbocycles. The van der Waals surface area contributed by atoms with Gasteiger partial charge in [-0.2, -0.15) is 0 Å². The lowest BCUT2D eigenvalue weighted by atomic mass is 9.70. The van der Waals surface area contributed by atoms with Crippen LogP contribution in [0.5, 0.6) is 11.5 Å². The molecule has 306 valence electrons. The number of ketones is 4. The standard InChI is InChI=1S/C49H62O8/c1-10-34-27-49(34,30(4)50)28-42(52)39-24-36(25-40(39)46(54)41(47(5,6)7)26-45(53)57-48(8)18-12-13-19-48)56-44-23-33(32-15-14-31(20-32)21-35(51)11-2)22-38-29(3)43(55-9)17-16-37(38)44/h10,15-17,20,22-23,34,36,39-41H,1,11-14,18-19,21,24-28H2,2-9H3. The van der Waals surface area contributed by atoms with Gasteiger partial charge in [0.1, 0.15) is 46.3 Å². The van der Waals surface area contributed by atoms with Crippen molar-refractivity contribution in [2.24, 2.45) is 34.5 Å². The van der Waals surface area contributed by atoms with Gasteiger partial charge in [0.05, 0.1) is 13.5 Å². The van der Waals surface area contributed by atoms with Crippen molar-refractivity contribution in [3.05, 3.63) is 65.8 Å². The Bertz CT molecular complexity index is 2020. The molecule has 8 heteroatoms.